The molecule has 0 spiro atoms. The number of benzene rings is 13. The van der Waals surface area contributed by atoms with Crippen molar-refractivity contribution in [2.45, 2.75) is 0 Å². The van der Waals surface area contributed by atoms with Gasteiger partial charge in [-0.05, 0) is 161 Å². The maximum atomic E-state index is 9.36. The third-order valence-electron chi connectivity index (χ3n) is 12.6. The van der Waals surface area contributed by atoms with E-state index >= 15 is 0 Å². The first-order chi connectivity index (χ1) is 32.6. The topological polar surface area (TPSA) is 0 Å². The molecule has 0 heteroatoms. The highest BCUT2D eigenvalue weighted by atomic mass is 14.2. The standard InChI is InChI=1S/C60H36/c1-2-18-51-37(8-1)9-7-19-52(51)50-35-48(44-14-5-16-46(32-44)53-28-24-42-22-20-38-10-3-12-40-26-30-55(53)59(42)57(38)40)34-49(36-50)45-15-6-17-47(33-45)54-29-25-43-23-21-39-11-4-13-41-27-31-56(54)60(43)58(39)41/h1-36H/i1D,2D,7D,8D,9D,18D,19D. The Morgan fingerprint density at radius 2 is 0.633 bits per heavy atom. The lowest BCUT2D eigenvalue weighted by Crippen LogP contribution is -1.90. The van der Waals surface area contributed by atoms with Crippen molar-refractivity contribution in [1.29, 1.82) is 0 Å². The molecule has 0 radical (unpaired) electrons. The number of hydrogen-bond donors (Lipinski definition) is 0. The molecule has 0 fully saturated rings. The molecule has 0 saturated heterocycles. The van der Waals surface area contributed by atoms with Crippen LogP contribution in [0.3, 0.4) is 0 Å². The van der Waals surface area contributed by atoms with Gasteiger partial charge in [-0.15, -0.1) is 0 Å². The Bertz CT molecular complexity index is 4000. The Morgan fingerprint density at radius 3 is 1.18 bits per heavy atom. The van der Waals surface area contributed by atoms with Crippen LogP contribution in [-0.2, 0) is 0 Å². The molecule has 0 unspecified atom stereocenters. The predicted octanol–water partition coefficient (Wildman–Crippen LogP) is 17.0. The van der Waals surface area contributed by atoms with Crippen molar-refractivity contribution >= 4 is 75.4 Å². The summed E-state index contributed by atoms with van der Waals surface area (Å²) in [6, 6.07) is 59.4. The van der Waals surface area contributed by atoms with Gasteiger partial charge in [-0.3, -0.25) is 0 Å². The van der Waals surface area contributed by atoms with Crippen LogP contribution in [0.4, 0.5) is 0 Å². The summed E-state index contributed by atoms with van der Waals surface area (Å²) in [5.74, 6) is 0. The van der Waals surface area contributed by atoms with E-state index in [1.165, 1.54) is 53.9 Å². The van der Waals surface area contributed by atoms with Crippen molar-refractivity contribution in [2.75, 3.05) is 0 Å². The third kappa shape index (κ3) is 5.04. The highest BCUT2D eigenvalue weighted by Gasteiger charge is 2.16. The van der Waals surface area contributed by atoms with E-state index in [4.69, 9.17) is 8.22 Å². The molecule has 13 aromatic carbocycles. The molecule has 60 heavy (non-hydrogen) atoms. The van der Waals surface area contributed by atoms with Crippen LogP contribution in [-0.4, -0.2) is 0 Å². The summed E-state index contributed by atoms with van der Waals surface area (Å²) in [5, 5.41) is 14.5. The van der Waals surface area contributed by atoms with Crippen molar-refractivity contribution in [3.05, 3.63) is 218 Å². The Labute approximate surface area is 357 Å². The molecule has 0 heterocycles. The van der Waals surface area contributed by atoms with Crippen molar-refractivity contribution < 1.29 is 9.60 Å². The van der Waals surface area contributed by atoms with E-state index in [1.54, 1.807) is 0 Å². The average molecular weight is 764 g/mol. The Hall–Kier alpha value is -7.80. The van der Waals surface area contributed by atoms with Crippen LogP contribution in [0.15, 0.2) is 218 Å². The lowest BCUT2D eigenvalue weighted by Gasteiger charge is -2.16. The van der Waals surface area contributed by atoms with Crippen LogP contribution in [0.25, 0.3) is 131 Å². The molecule has 0 aliphatic carbocycles. The minimum atomic E-state index is -0.476. The maximum absolute atomic E-state index is 9.36. The summed E-state index contributed by atoms with van der Waals surface area (Å²) in [6.45, 7) is 0. The number of hydrogen-bond acceptors (Lipinski definition) is 0. The number of fused-ring (bicyclic) bond motifs is 1. The zero-order chi connectivity index (χ0) is 45.4. The summed E-state index contributed by atoms with van der Waals surface area (Å²) in [5.41, 5.74) is 8.46. The Balaban J connectivity index is 1.04. The van der Waals surface area contributed by atoms with Gasteiger partial charge in [-0.2, -0.15) is 0 Å². The average Bonchev–Trinajstić information content (AvgIpc) is 3.37. The summed E-state index contributed by atoms with van der Waals surface area (Å²) in [4.78, 5) is 0. The van der Waals surface area contributed by atoms with E-state index in [0.29, 0.717) is 5.56 Å². The van der Waals surface area contributed by atoms with E-state index in [-0.39, 0.29) is 28.4 Å². The second-order valence-electron chi connectivity index (χ2n) is 15.9. The summed E-state index contributed by atoms with van der Waals surface area (Å²) < 4.78 is 62.3. The van der Waals surface area contributed by atoms with Crippen LogP contribution in [0.1, 0.15) is 9.60 Å². The van der Waals surface area contributed by atoms with E-state index in [1.807, 2.05) is 12.1 Å². The lowest BCUT2D eigenvalue weighted by molar-refractivity contribution is 1.57. The summed E-state index contributed by atoms with van der Waals surface area (Å²) >= 11 is 0. The summed E-state index contributed by atoms with van der Waals surface area (Å²) in [7, 11) is 0. The van der Waals surface area contributed by atoms with Crippen molar-refractivity contribution in [3.63, 3.8) is 0 Å². The van der Waals surface area contributed by atoms with Crippen LogP contribution < -0.4 is 0 Å². The van der Waals surface area contributed by atoms with Gasteiger partial charge in [-0.1, -0.05) is 188 Å². The first-order valence-electron chi connectivity index (χ1n) is 23.8. The van der Waals surface area contributed by atoms with Gasteiger partial charge in [0.2, 0.25) is 0 Å². The Morgan fingerprint density at radius 1 is 0.233 bits per heavy atom. The zero-order valence-corrected chi connectivity index (χ0v) is 32.2. The first-order valence-corrected chi connectivity index (χ1v) is 20.3. The van der Waals surface area contributed by atoms with Gasteiger partial charge in [0.05, 0.1) is 9.60 Å². The molecule has 0 nitrogen and oxygen atoms in total. The Kier molecular flexibility index (Phi) is 5.78. The van der Waals surface area contributed by atoms with Gasteiger partial charge in [0.15, 0.2) is 0 Å². The SMILES string of the molecule is [2H]c1c([2H])c([2H])c2c(-c3cc(-c4cccc(-c5ccc6ccc7cccc8ccc5c6c78)c4)cc(-c4cccc(-c5ccc6ccc7cccc8ccc5c6c78)c4)c3)c([2H])c([2H])c([2H])c2c1[2H]. The molecule has 0 aromatic heterocycles. The maximum Gasteiger partial charge on any atom is 0.0629 e. The predicted molar refractivity (Wildman–Crippen MR) is 259 cm³/mol. The molecule has 13 aromatic rings. The normalized spacial score (nSPS) is 13.6. The smallest absolute Gasteiger partial charge is 0.0616 e. The molecular weight excluding hydrogens is 721 g/mol. The van der Waals surface area contributed by atoms with Gasteiger partial charge in [-0.25, -0.2) is 0 Å². The van der Waals surface area contributed by atoms with Crippen molar-refractivity contribution in [1.82, 2.24) is 0 Å². The van der Waals surface area contributed by atoms with E-state index in [9.17, 15) is 1.37 Å². The minimum absolute atomic E-state index is 0.0601. The monoisotopic (exact) mass is 763 g/mol. The molecule has 0 N–H and O–H groups in total. The fourth-order valence-corrected chi connectivity index (χ4v) is 9.84. The molecule has 0 aliphatic heterocycles. The first kappa shape index (κ1) is 27.0. The minimum Gasteiger partial charge on any atom is -0.0616 e. The van der Waals surface area contributed by atoms with Gasteiger partial charge < -0.3 is 0 Å². The van der Waals surface area contributed by atoms with Gasteiger partial charge in [0, 0.05) is 0 Å². The highest BCUT2D eigenvalue weighted by molar-refractivity contribution is 6.26. The van der Waals surface area contributed by atoms with Gasteiger partial charge >= 0.3 is 0 Å². The van der Waals surface area contributed by atoms with Crippen molar-refractivity contribution in [3.8, 4) is 55.6 Å². The molecular formula is C60H36. The van der Waals surface area contributed by atoms with Gasteiger partial charge in [0.25, 0.3) is 0 Å². The van der Waals surface area contributed by atoms with E-state index in [2.05, 4.69) is 164 Å². The van der Waals surface area contributed by atoms with E-state index < -0.39 is 30.2 Å². The zero-order valence-electron chi connectivity index (χ0n) is 39.2. The molecule has 0 bridgehead atoms. The highest BCUT2D eigenvalue weighted by Crippen LogP contribution is 2.43. The molecule has 0 amide bonds. The van der Waals surface area contributed by atoms with Crippen LogP contribution in [0, 0.1) is 0 Å². The largest absolute Gasteiger partial charge is 0.0629 e. The molecule has 0 saturated carbocycles. The number of rotatable bonds is 5. The quantitative estimate of drug-likeness (QED) is 0.153. The molecule has 13 rings (SSSR count). The second-order valence-corrected chi connectivity index (χ2v) is 15.9. The molecule has 276 valence electrons. The molecule has 0 atom stereocenters. The fraction of sp³-hybridized carbons (Fsp3) is 0. The van der Waals surface area contributed by atoms with Crippen LogP contribution >= 0.6 is 0 Å². The fourth-order valence-electron chi connectivity index (χ4n) is 9.84. The van der Waals surface area contributed by atoms with Crippen molar-refractivity contribution in [2.24, 2.45) is 0 Å². The van der Waals surface area contributed by atoms with Crippen LogP contribution in [0.5, 0.6) is 0 Å². The molecule has 0 aliphatic rings. The third-order valence-corrected chi connectivity index (χ3v) is 12.6. The lowest BCUT2D eigenvalue weighted by atomic mass is 9.87. The van der Waals surface area contributed by atoms with Crippen LogP contribution in [0.2, 0.25) is 0 Å². The second kappa shape index (κ2) is 12.9. The summed E-state index contributed by atoms with van der Waals surface area (Å²) in [6.07, 6.45) is 0. The van der Waals surface area contributed by atoms with E-state index in [0.717, 1.165) is 55.3 Å². The van der Waals surface area contributed by atoms with Gasteiger partial charge in [0.1, 0.15) is 0 Å².